The fourth-order valence-corrected chi connectivity index (χ4v) is 2.26. The van der Waals surface area contributed by atoms with Gasteiger partial charge in [0.25, 0.3) is 0 Å². The maximum absolute atomic E-state index is 11.6. The van der Waals surface area contributed by atoms with Crippen molar-refractivity contribution in [3.05, 3.63) is 0 Å². The summed E-state index contributed by atoms with van der Waals surface area (Å²) in [6, 6.07) is 0. The van der Waals surface area contributed by atoms with Crippen molar-refractivity contribution >= 4 is 5.97 Å². The van der Waals surface area contributed by atoms with Crippen molar-refractivity contribution < 1.29 is 9.53 Å². The highest BCUT2D eigenvalue weighted by Crippen LogP contribution is 2.17. The van der Waals surface area contributed by atoms with E-state index in [1.54, 1.807) is 0 Å². The number of ether oxygens (including phenoxy) is 1. The first kappa shape index (κ1) is 12.5. The molecule has 0 aromatic heterocycles. The predicted molar refractivity (Wildman–Crippen MR) is 60.6 cm³/mol. The van der Waals surface area contributed by atoms with E-state index in [2.05, 4.69) is 18.7 Å². The van der Waals surface area contributed by atoms with Crippen molar-refractivity contribution in [3.63, 3.8) is 0 Å². The van der Waals surface area contributed by atoms with Crippen molar-refractivity contribution in [2.24, 2.45) is 11.8 Å². The highest BCUT2D eigenvalue weighted by molar-refractivity contribution is 5.72. The Kier molecular flexibility index (Phi) is 5.09. The zero-order chi connectivity index (χ0) is 11.3. The van der Waals surface area contributed by atoms with Gasteiger partial charge in [0.05, 0.1) is 13.0 Å². The molecule has 3 heteroatoms. The smallest absolute Gasteiger partial charge is 0.309 e. The van der Waals surface area contributed by atoms with Crippen LogP contribution in [-0.4, -0.2) is 37.6 Å². The topological polar surface area (TPSA) is 29.5 Å². The van der Waals surface area contributed by atoms with Crippen LogP contribution in [0.1, 0.15) is 33.1 Å². The van der Waals surface area contributed by atoms with Crippen LogP contribution < -0.4 is 0 Å². The molecule has 0 N–H and O–H groups in total. The molecule has 0 spiro atoms. The molecule has 0 amide bonds. The molecule has 0 bridgehead atoms. The SMILES string of the molecule is COC(=O)C(CC(C)C)CN1CCCC1. The molecule has 0 radical (unpaired) electrons. The number of methoxy groups -OCH3 is 1. The lowest BCUT2D eigenvalue weighted by Crippen LogP contribution is -2.32. The first-order chi connectivity index (χ1) is 7.13. The fraction of sp³-hybridized carbons (Fsp3) is 0.917. The lowest BCUT2D eigenvalue weighted by molar-refractivity contribution is -0.146. The van der Waals surface area contributed by atoms with Crippen LogP contribution >= 0.6 is 0 Å². The van der Waals surface area contributed by atoms with Gasteiger partial charge in [0.15, 0.2) is 0 Å². The Labute approximate surface area is 92.8 Å². The minimum absolute atomic E-state index is 0.0457. The summed E-state index contributed by atoms with van der Waals surface area (Å²) in [4.78, 5) is 14.0. The largest absolute Gasteiger partial charge is 0.469 e. The van der Waals surface area contributed by atoms with Gasteiger partial charge < -0.3 is 9.64 Å². The Morgan fingerprint density at radius 1 is 1.33 bits per heavy atom. The second kappa shape index (κ2) is 6.11. The number of esters is 1. The lowest BCUT2D eigenvalue weighted by atomic mass is 9.97. The van der Waals surface area contributed by atoms with Crippen molar-refractivity contribution in [1.82, 2.24) is 4.90 Å². The predicted octanol–water partition coefficient (Wildman–Crippen LogP) is 1.92. The number of hydrogen-bond donors (Lipinski definition) is 0. The highest BCUT2D eigenvalue weighted by Gasteiger charge is 2.24. The van der Waals surface area contributed by atoms with Gasteiger partial charge in [-0.1, -0.05) is 13.8 Å². The van der Waals surface area contributed by atoms with Crippen molar-refractivity contribution in [1.29, 1.82) is 0 Å². The molecule has 1 aliphatic heterocycles. The van der Waals surface area contributed by atoms with E-state index in [1.807, 2.05) is 0 Å². The van der Waals surface area contributed by atoms with E-state index >= 15 is 0 Å². The van der Waals surface area contributed by atoms with E-state index in [0.717, 1.165) is 26.1 Å². The quantitative estimate of drug-likeness (QED) is 0.653. The Balaban J connectivity index is 2.43. The van der Waals surface area contributed by atoms with E-state index in [4.69, 9.17) is 4.74 Å². The summed E-state index contributed by atoms with van der Waals surface area (Å²) in [6.07, 6.45) is 3.48. The number of hydrogen-bond acceptors (Lipinski definition) is 3. The summed E-state index contributed by atoms with van der Waals surface area (Å²) in [6.45, 7) is 7.47. The molecular formula is C12H23NO2. The maximum Gasteiger partial charge on any atom is 0.309 e. The van der Waals surface area contributed by atoms with Gasteiger partial charge in [0, 0.05) is 6.54 Å². The van der Waals surface area contributed by atoms with Gasteiger partial charge in [-0.15, -0.1) is 0 Å². The van der Waals surface area contributed by atoms with Crippen LogP contribution in [0.5, 0.6) is 0 Å². The van der Waals surface area contributed by atoms with Gasteiger partial charge in [-0.25, -0.2) is 0 Å². The standard InChI is InChI=1S/C12H23NO2/c1-10(2)8-11(12(14)15-3)9-13-6-4-5-7-13/h10-11H,4-9H2,1-3H3. The van der Waals surface area contributed by atoms with Crippen molar-refractivity contribution in [3.8, 4) is 0 Å². The first-order valence-corrected chi connectivity index (χ1v) is 5.93. The van der Waals surface area contributed by atoms with Crippen LogP contribution in [0, 0.1) is 11.8 Å². The van der Waals surface area contributed by atoms with Crippen LogP contribution in [0.15, 0.2) is 0 Å². The third-order valence-corrected chi connectivity index (χ3v) is 2.97. The number of likely N-dealkylation sites (tertiary alicyclic amines) is 1. The molecule has 1 fully saturated rings. The molecule has 1 atom stereocenters. The fourth-order valence-electron chi connectivity index (χ4n) is 2.26. The van der Waals surface area contributed by atoms with Crippen LogP contribution in [0.4, 0.5) is 0 Å². The zero-order valence-electron chi connectivity index (χ0n) is 10.2. The summed E-state index contributed by atoms with van der Waals surface area (Å²) in [5.74, 6) is 0.570. The maximum atomic E-state index is 11.6. The monoisotopic (exact) mass is 213 g/mol. The summed E-state index contributed by atoms with van der Waals surface area (Å²) in [5.41, 5.74) is 0. The Morgan fingerprint density at radius 2 is 1.93 bits per heavy atom. The van der Waals surface area contributed by atoms with E-state index in [1.165, 1.54) is 20.0 Å². The molecule has 0 aliphatic carbocycles. The second-order valence-corrected chi connectivity index (χ2v) is 4.86. The number of carbonyl (C=O) groups excluding carboxylic acids is 1. The molecule has 1 unspecified atom stereocenters. The molecule has 1 saturated heterocycles. The van der Waals surface area contributed by atoms with Gasteiger partial charge in [-0.05, 0) is 38.3 Å². The van der Waals surface area contributed by atoms with Crippen LogP contribution in [-0.2, 0) is 9.53 Å². The van der Waals surface area contributed by atoms with E-state index < -0.39 is 0 Å². The third-order valence-electron chi connectivity index (χ3n) is 2.97. The van der Waals surface area contributed by atoms with Gasteiger partial charge in [-0.3, -0.25) is 4.79 Å². The second-order valence-electron chi connectivity index (χ2n) is 4.86. The third kappa shape index (κ3) is 4.20. The van der Waals surface area contributed by atoms with Crippen LogP contribution in [0.2, 0.25) is 0 Å². The summed E-state index contributed by atoms with van der Waals surface area (Å²) >= 11 is 0. The van der Waals surface area contributed by atoms with Gasteiger partial charge in [0.1, 0.15) is 0 Å². The lowest BCUT2D eigenvalue weighted by Gasteiger charge is -2.22. The molecule has 88 valence electrons. The number of nitrogens with zero attached hydrogens (tertiary/aromatic N) is 1. The Hall–Kier alpha value is -0.570. The Morgan fingerprint density at radius 3 is 2.40 bits per heavy atom. The molecule has 1 rings (SSSR count). The van der Waals surface area contributed by atoms with Crippen molar-refractivity contribution in [2.75, 3.05) is 26.7 Å². The number of carbonyl (C=O) groups is 1. The van der Waals surface area contributed by atoms with Gasteiger partial charge in [-0.2, -0.15) is 0 Å². The van der Waals surface area contributed by atoms with Crippen LogP contribution in [0.3, 0.4) is 0 Å². The normalized spacial score (nSPS) is 19.5. The minimum Gasteiger partial charge on any atom is -0.469 e. The summed E-state index contributed by atoms with van der Waals surface area (Å²) < 4.78 is 4.86. The number of rotatable bonds is 5. The minimum atomic E-state index is -0.0457. The molecule has 1 aliphatic rings. The van der Waals surface area contributed by atoms with E-state index in [0.29, 0.717) is 5.92 Å². The molecule has 0 aromatic carbocycles. The molecule has 3 nitrogen and oxygen atoms in total. The Bertz CT molecular complexity index is 198. The average molecular weight is 213 g/mol. The van der Waals surface area contributed by atoms with E-state index in [9.17, 15) is 4.79 Å². The molecular weight excluding hydrogens is 190 g/mol. The van der Waals surface area contributed by atoms with E-state index in [-0.39, 0.29) is 11.9 Å². The molecule has 15 heavy (non-hydrogen) atoms. The highest BCUT2D eigenvalue weighted by atomic mass is 16.5. The zero-order valence-corrected chi connectivity index (χ0v) is 10.2. The molecule has 0 aromatic rings. The van der Waals surface area contributed by atoms with Gasteiger partial charge >= 0.3 is 5.97 Å². The van der Waals surface area contributed by atoms with Crippen molar-refractivity contribution in [2.45, 2.75) is 33.1 Å². The molecule has 0 saturated carbocycles. The van der Waals surface area contributed by atoms with Gasteiger partial charge in [0.2, 0.25) is 0 Å². The summed E-state index contributed by atoms with van der Waals surface area (Å²) in [7, 11) is 1.49. The van der Waals surface area contributed by atoms with Crippen LogP contribution in [0.25, 0.3) is 0 Å². The average Bonchev–Trinajstić information content (AvgIpc) is 2.67. The summed E-state index contributed by atoms with van der Waals surface area (Å²) in [5, 5.41) is 0. The first-order valence-electron chi connectivity index (χ1n) is 5.93. The molecule has 1 heterocycles.